The molecule has 2 aromatic carbocycles. The fraction of sp³-hybridized carbons (Fsp3) is 0.143. The number of nitrogens with one attached hydrogen (secondary N) is 2. The zero-order valence-corrected chi connectivity index (χ0v) is 16.2. The first-order valence-electron chi connectivity index (χ1n) is 8.81. The van der Waals surface area contributed by atoms with Gasteiger partial charge in [0.1, 0.15) is 0 Å². The van der Waals surface area contributed by atoms with E-state index in [1.807, 2.05) is 54.9 Å². The monoisotopic (exact) mass is 394 g/mol. The van der Waals surface area contributed by atoms with Gasteiger partial charge in [-0.1, -0.05) is 35.9 Å². The number of benzene rings is 2. The van der Waals surface area contributed by atoms with Crippen LogP contribution in [0, 0.1) is 6.92 Å². The minimum Gasteiger partial charge on any atom is -0.392 e. The van der Waals surface area contributed by atoms with Crippen molar-refractivity contribution in [3.05, 3.63) is 69.1 Å². The Balaban J connectivity index is 1.90. The van der Waals surface area contributed by atoms with Crippen LogP contribution in [0.4, 0.5) is 11.6 Å². The number of rotatable bonds is 4. The summed E-state index contributed by atoms with van der Waals surface area (Å²) >= 11 is 6.33. The van der Waals surface area contributed by atoms with Crippen LogP contribution in [0.2, 0.25) is 5.02 Å². The fourth-order valence-corrected chi connectivity index (χ4v) is 3.63. The first kappa shape index (κ1) is 18.3. The molecule has 0 spiro atoms. The molecule has 0 amide bonds. The lowest BCUT2D eigenvalue weighted by Gasteiger charge is -2.11. The molecule has 0 bridgehead atoms. The van der Waals surface area contributed by atoms with Gasteiger partial charge in [0.25, 0.3) is 5.56 Å². The summed E-state index contributed by atoms with van der Waals surface area (Å²) in [5, 5.41) is 14.2. The zero-order chi connectivity index (χ0) is 19.8. The number of nitrogens with zero attached hydrogens (tertiary/aromatic N) is 2. The van der Waals surface area contributed by atoms with Crippen LogP contribution in [-0.2, 0) is 7.05 Å². The van der Waals surface area contributed by atoms with Gasteiger partial charge in [0.05, 0.1) is 33.7 Å². The van der Waals surface area contributed by atoms with E-state index in [4.69, 9.17) is 16.7 Å². The van der Waals surface area contributed by atoms with Crippen LogP contribution in [0.15, 0.2) is 47.3 Å². The van der Waals surface area contributed by atoms with Gasteiger partial charge in [0.2, 0.25) is 5.95 Å². The Hall–Kier alpha value is -3.09. The van der Waals surface area contributed by atoms with Crippen molar-refractivity contribution in [2.75, 3.05) is 11.9 Å². The summed E-state index contributed by atoms with van der Waals surface area (Å²) in [6.07, 6.45) is 3.26. The molecular formula is C21H19ClN4O2. The molecule has 0 aliphatic heterocycles. The van der Waals surface area contributed by atoms with E-state index < -0.39 is 0 Å². The summed E-state index contributed by atoms with van der Waals surface area (Å²) in [5.41, 5.74) is 3.68. The summed E-state index contributed by atoms with van der Waals surface area (Å²) in [7, 11) is 1.86. The van der Waals surface area contributed by atoms with Gasteiger partial charge in [0, 0.05) is 12.7 Å². The van der Waals surface area contributed by atoms with Crippen molar-refractivity contribution in [3.8, 4) is 0 Å². The lowest BCUT2D eigenvalue weighted by molar-refractivity contribution is 0.343. The Labute approximate surface area is 166 Å². The van der Waals surface area contributed by atoms with E-state index in [2.05, 4.69) is 15.3 Å². The van der Waals surface area contributed by atoms with E-state index in [0.717, 1.165) is 22.2 Å². The van der Waals surface area contributed by atoms with Crippen molar-refractivity contribution < 1.29 is 5.11 Å². The molecule has 3 N–H and O–H groups in total. The average Bonchev–Trinajstić information content (AvgIpc) is 2.99. The van der Waals surface area contributed by atoms with Gasteiger partial charge in [-0.2, -0.15) is 0 Å². The molecule has 0 radical (unpaired) electrons. The number of imidazole rings is 1. The Bertz CT molecular complexity index is 1270. The maximum Gasteiger partial charge on any atom is 0.258 e. The first-order chi connectivity index (χ1) is 13.5. The number of halogens is 1. The zero-order valence-electron chi connectivity index (χ0n) is 15.5. The van der Waals surface area contributed by atoms with Crippen molar-refractivity contribution in [1.29, 1.82) is 0 Å². The minimum absolute atomic E-state index is 0.0860. The number of hydrogen-bond acceptors (Lipinski definition) is 4. The van der Waals surface area contributed by atoms with E-state index in [9.17, 15) is 4.79 Å². The van der Waals surface area contributed by atoms with Crippen LogP contribution in [-0.4, -0.2) is 26.2 Å². The SMILES string of the molecule is Cc1cccc(Cl)c1Nc1nc2ccc3cc(/C=C/CO)[nH]c(=O)c3c2n1C. The first-order valence-corrected chi connectivity index (χ1v) is 9.19. The summed E-state index contributed by atoms with van der Waals surface area (Å²) < 4.78 is 1.86. The molecule has 0 saturated heterocycles. The van der Waals surface area contributed by atoms with Gasteiger partial charge in [-0.15, -0.1) is 0 Å². The normalized spacial score (nSPS) is 11.7. The number of aliphatic hydroxyl groups excluding tert-OH is 1. The molecule has 0 aliphatic rings. The molecule has 2 aromatic heterocycles. The standard InChI is InChI=1S/C21H19ClN4O2/c1-12-5-3-7-15(22)18(12)25-21-24-16-9-8-13-11-14(6-4-10-27)23-20(28)17(13)19(16)26(21)2/h3-9,11,27H,10H2,1-2H3,(H,23,28)(H,24,25)/b6-4+. The van der Waals surface area contributed by atoms with Crippen molar-refractivity contribution in [2.45, 2.75) is 6.92 Å². The second-order valence-corrected chi connectivity index (χ2v) is 6.99. The molecule has 4 rings (SSSR count). The number of aryl methyl sites for hydroxylation is 2. The van der Waals surface area contributed by atoms with Crippen LogP contribution in [0.1, 0.15) is 11.3 Å². The average molecular weight is 395 g/mol. The summed E-state index contributed by atoms with van der Waals surface area (Å²) in [5.74, 6) is 0.599. The Kier molecular flexibility index (Phi) is 4.66. The molecule has 2 heterocycles. The fourth-order valence-electron chi connectivity index (χ4n) is 3.36. The number of aromatic amines is 1. The molecule has 0 unspecified atom stereocenters. The lowest BCUT2D eigenvalue weighted by Crippen LogP contribution is -2.09. The molecule has 0 aliphatic carbocycles. The highest BCUT2D eigenvalue weighted by molar-refractivity contribution is 6.33. The van der Waals surface area contributed by atoms with Gasteiger partial charge in [-0.3, -0.25) is 4.79 Å². The van der Waals surface area contributed by atoms with Crippen LogP contribution < -0.4 is 10.9 Å². The number of para-hydroxylation sites is 1. The number of fused-ring (bicyclic) bond motifs is 3. The summed E-state index contributed by atoms with van der Waals surface area (Å²) in [6, 6.07) is 11.3. The Morgan fingerprint density at radius 2 is 2.14 bits per heavy atom. The summed E-state index contributed by atoms with van der Waals surface area (Å²) in [4.78, 5) is 20.3. The van der Waals surface area contributed by atoms with Crippen LogP contribution in [0.25, 0.3) is 27.9 Å². The maximum absolute atomic E-state index is 12.8. The largest absolute Gasteiger partial charge is 0.392 e. The Morgan fingerprint density at radius 1 is 1.32 bits per heavy atom. The van der Waals surface area contributed by atoms with Gasteiger partial charge >= 0.3 is 0 Å². The predicted octanol–water partition coefficient (Wildman–Crippen LogP) is 4.13. The second kappa shape index (κ2) is 7.14. The lowest BCUT2D eigenvalue weighted by atomic mass is 10.1. The number of anilines is 2. The van der Waals surface area contributed by atoms with E-state index in [0.29, 0.717) is 27.6 Å². The van der Waals surface area contributed by atoms with E-state index in [-0.39, 0.29) is 12.2 Å². The highest BCUT2D eigenvalue weighted by atomic mass is 35.5. The Morgan fingerprint density at radius 3 is 2.89 bits per heavy atom. The molecule has 7 heteroatoms. The predicted molar refractivity (Wildman–Crippen MR) is 114 cm³/mol. The molecule has 4 aromatic rings. The highest BCUT2D eigenvalue weighted by Gasteiger charge is 2.15. The number of pyridine rings is 1. The molecule has 28 heavy (non-hydrogen) atoms. The highest BCUT2D eigenvalue weighted by Crippen LogP contribution is 2.31. The van der Waals surface area contributed by atoms with E-state index in [1.165, 1.54) is 0 Å². The molecule has 0 saturated carbocycles. The molecule has 0 fully saturated rings. The topological polar surface area (TPSA) is 82.9 Å². The third-order valence-corrected chi connectivity index (χ3v) is 5.04. The van der Waals surface area contributed by atoms with Crippen LogP contribution >= 0.6 is 11.6 Å². The quantitative estimate of drug-likeness (QED) is 0.486. The van der Waals surface area contributed by atoms with E-state index in [1.54, 1.807) is 12.2 Å². The molecule has 6 nitrogen and oxygen atoms in total. The van der Waals surface area contributed by atoms with Gasteiger partial charge < -0.3 is 20.0 Å². The van der Waals surface area contributed by atoms with Gasteiger partial charge in [0.15, 0.2) is 0 Å². The molecule has 0 atom stereocenters. The van der Waals surface area contributed by atoms with Crippen molar-refractivity contribution in [2.24, 2.45) is 7.05 Å². The summed E-state index contributed by atoms with van der Waals surface area (Å²) in [6.45, 7) is 1.88. The van der Waals surface area contributed by atoms with Crippen LogP contribution in [0.5, 0.6) is 0 Å². The maximum atomic E-state index is 12.8. The number of aromatic nitrogens is 3. The number of hydrogen-bond donors (Lipinski definition) is 3. The van der Waals surface area contributed by atoms with Crippen LogP contribution in [0.3, 0.4) is 0 Å². The number of aliphatic hydroxyl groups is 1. The minimum atomic E-state index is -0.204. The third kappa shape index (κ3) is 3.06. The van der Waals surface area contributed by atoms with Gasteiger partial charge in [-0.05, 0) is 42.1 Å². The van der Waals surface area contributed by atoms with Gasteiger partial charge in [-0.25, -0.2) is 4.98 Å². The smallest absolute Gasteiger partial charge is 0.258 e. The second-order valence-electron chi connectivity index (χ2n) is 6.59. The van der Waals surface area contributed by atoms with E-state index >= 15 is 0 Å². The number of H-pyrrole nitrogens is 1. The van der Waals surface area contributed by atoms with Crippen molar-refractivity contribution in [1.82, 2.24) is 14.5 Å². The molecule has 142 valence electrons. The van der Waals surface area contributed by atoms with Crippen molar-refractivity contribution in [3.63, 3.8) is 0 Å². The third-order valence-electron chi connectivity index (χ3n) is 4.73. The molecular weight excluding hydrogens is 376 g/mol. The van der Waals surface area contributed by atoms with Crippen molar-refractivity contribution >= 4 is 51.1 Å².